The first-order valence-corrected chi connectivity index (χ1v) is 7.39. The molecule has 0 aromatic carbocycles. The monoisotopic (exact) mass is 258 g/mol. The predicted molar refractivity (Wildman–Crippen MR) is 75.6 cm³/mol. The number of hydrogen-bond acceptors (Lipinski definition) is 3. The summed E-state index contributed by atoms with van der Waals surface area (Å²) in [4.78, 5) is 5.68. The number of pyridine rings is 1. The summed E-state index contributed by atoms with van der Waals surface area (Å²) in [7, 11) is 0. The van der Waals surface area contributed by atoms with Crippen LogP contribution in [-0.4, -0.2) is 4.98 Å². The molecule has 1 atom stereocenters. The van der Waals surface area contributed by atoms with Gasteiger partial charge in [-0.1, -0.05) is 6.07 Å². The van der Waals surface area contributed by atoms with Gasteiger partial charge in [0.2, 0.25) is 0 Å². The molecule has 0 radical (unpaired) electrons. The second kappa shape index (κ2) is 5.21. The van der Waals surface area contributed by atoms with Gasteiger partial charge in [0.05, 0.1) is 0 Å². The van der Waals surface area contributed by atoms with Gasteiger partial charge in [-0.15, -0.1) is 11.3 Å². The average molecular weight is 258 g/mol. The Bertz CT molecular complexity index is 503. The number of rotatable bonds is 5. The molecule has 2 aromatic rings. The van der Waals surface area contributed by atoms with E-state index in [1.807, 2.05) is 23.7 Å². The molecule has 3 rings (SSSR count). The Balaban J connectivity index is 1.69. The third kappa shape index (κ3) is 2.62. The second-order valence-electron chi connectivity index (χ2n) is 5.01. The summed E-state index contributed by atoms with van der Waals surface area (Å²) in [6.07, 6.45) is 6.56. The quantitative estimate of drug-likeness (QED) is 0.884. The van der Waals surface area contributed by atoms with Crippen LogP contribution in [0.1, 0.15) is 34.9 Å². The van der Waals surface area contributed by atoms with Crippen LogP contribution >= 0.6 is 11.3 Å². The van der Waals surface area contributed by atoms with Gasteiger partial charge in [-0.3, -0.25) is 4.98 Å². The maximum atomic E-state index is 4.21. The lowest BCUT2D eigenvalue weighted by molar-refractivity contribution is 0.486. The topological polar surface area (TPSA) is 24.9 Å². The van der Waals surface area contributed by atoms with Crippen molar-refractivity contribution in [3.05, 3.63) is 52.0 Å². The summed E-state index contributed by atoms with van der Waals surface area (Å²) < 4.78 is 0. The molecular weight excluding hydrogens is 240 g/mol. The minimum atomic E-state index is 0.532. The molecule has 0 spiro atoms. The maximum absolute atomic E-state index is 4.21. The molecule has 1 N–H and O–H groups in total. The van der Waals surface area contributed by atoms with E-state index in [2.05, 4.69) is 40.8 Å². The van der Waals surface area contributed by atoms with Crippen LogP contribution in [0.25, 0.3) is 0 Å². The van der Waals surface area contributed by atoms with Crippen molar-refractivity contribution in [1.29, 1.82) is 0 Å². The van der Waals surface area contributed by atoms with Gasteiger partial charge in [-0.2, -0.15) is 0 Å². The van der Waals surface area contributed by atoms with E-state index in [1.165, 1.54) is 28.8 Å². The van der Waals surface area contributed by atoms with Crippen molar-refractivity contribution in [1.82, 2.24) is 10.3 Å². The third-order valence-corrected chi connectivity index (χ3v) is 4.56. The molecule has 2 nitrogen and oxygen atoms in total. The number of nitrogens with one attached hydrogen (secondary N) is 1. The first kappa shape index (κ1) is 11.9. The normalized spacial score (nSPS) is 16.7. The van der Waals surface area contributed by atoms with Gasteiger partial charge in [-0.25, -0.2) is 0 Å². The molecule has 0 amide bonds. The molecule has 2 aromatic heterocycles. The number of aromatic nitrogens is 1. The van der Waals surface area contributed by atoms with Crippen molar-refractivity contribution in [2.75, 3.05) is 0 Å². The molecule has 1 fully saturated rings. The summed E-state index contributed by atoms with van der Waals surface area (Å²) >= 11 is 1.86. The summed E-state index contributed by atoms with van der Waals surface area (Å²) in [6.45, 7) is 3.06. The van der Waals surface area contributed by atoms with Crippen molar-refractivity contribution >= 4 is 11.3 Å². The molecule has 0 bridgehead atoms. The van der Waals surface area contributed by atoms with E-state index in [1.54, 1.807) is 0 Å². The Morgan fingerprint density at radius 1 is 1.44 bits per heavy atom. The summed E-state index contributed by atoms with van der Waals surface area (Å²) in [5.74, 6) is 0.834. The molecule has 0 aliphatic heterocycles. The van der Waals surface area contributed by atoms with Crippen LogP contribution in [0.3, 0.4) is 0 Å². The fourth-order valence-corrected chi connectivity index (χ4v) is 3.19. The Labute approximate surface area is 112 Å². The zero-order chi connectivity index (χ0) is 12.4. The van der Waals surface area contributed by atoms with Gasteiger partial charge in [0.25, 0.3) is 0 Å². The summed E-state index contributed by atoms with van der Waals surface area (Å²) in [6, 6.07) is 7.00. The lowest BCUT2D eigenvalue weighted by atomic mass is 10.1. The predicted octanol–water partition coefficient (Wildman–Crippen LogP) is 3.69. The first-order valence-electron chi connectivity index (χ1n) is 6.51. The van der Waals surface area contributed by atoms with E-state index in [-0.39, 0.29) is 0 Å². The molecule has 1 unspecified atom stereocenters. The average Bonchev–Trinajstić information content (AvgIpc) is 3.07. The Morgan fingerprint density at radius 2 is 2.33 bits per heavy atom. The minimum Gasteiger partial charge on any atom is -0.305 e. The second-order valence-corrected chi connectivity index (χ2v) is 5.99. The van der Waals surface area contributed by atoms with Crippen molar-refractivity contribution in [3.8, 4) is 0 Å². The van der Waals surface area contributed by atoms with Crippen LogP contribution in [0.2, 0.25) is 0 Å². The smallest absolute Gasteiger partial charge is 0.0446 e. The maximum Gasteiger partial charge on any atom is 0.0446 e. The van der Waals surface area contributed by atoms with Gasteiger partial charge in [0.1, 0.15) is 0 Å². The third-order valence-electron chi connectivity index (χ3n) is 3.60. The van der Waals surface area contributed by atoms with Crippen molar-refractivity contribution in [2.24, 2.45) is 5.92 Å². The molecule has 94 valence electrons. The van der Waals surface area contributed by atoms with Crippen molar-refractivity contribution in [2.45, 2.75) is 32.4 Å². The molecular formula is C15H18N2S. The van der Waals surface area contributed by atoms with E-state index in [0.29, 0.717) is 6.04 Å². The molecule has 1 saturated carbocycles. The van der Waals surface area contributed by atoms with Crippen LogP contribution < -0.4 is 5.32 Å². The highest BCUT2D eigenvalue weighted by Gasteiger charge is 2.32. The number of aryl methyl sites for hydroxylation is 1. The Kier molecular flexibility index (Phi) is 3.43. The number of thiophene rings is 1. The highest BCUT2D eigenvalue weighted by atomic mass is 32.1. The lowest BCUT2D eigenvalue weighted by Crippen LogP contribution is -2.22. The van der Waals surface area contributed by atoms with E-state index >= 15 is 0 Å². The van der Waals surface area contributed by atoms with Crippen molar-refractivity contribution in [3.63, 3.8) is 0 Å². The minimum absolute atomic E-state index is 0.532. The standard InChI is InChI=1S/C15H18N2S/c1-11-6-7-16-9-13(11)10-17-15(12-4-5-12)14-3-2-8-18-14/h2-3,6-9,12,15,17H,4-5,10H2,1H3. The molecule has 3 heteroatoms. The Morgan fingerprint density at radius 3 is 3.00 bits per heavy atom. The number of hydrogen-bond donors (Lipinski definition) is 1. The summed E-state index contributed by atoms with van der Waals surface area (Å²) in [5.41, 5.74) is 2.62. The van der Waals surface area contributed by atoms with Gasteiger partial charge >= 0.3 is 0 Å². The Hall–Kier alpha value is -1.19. The van der Waals surface area contributed by atoms with Crippen LogP contribution in [0.5, 0.6) is 0 Å². The first-order chi connectivity index (χ1) is 8.84. The highest BCUT2D eigenvalue weighted by Crippen LogP contribution is 2.42. The number of nitrogens with zero attached hydrogens (tertiary/aromatic N) is 1. The highest BCUT2D eigenvalue weighted by molar-refractivity contribution is 7.10. The SMILES string of the molecule is Cc1ccncc1CNC(c1cccs1)C1CC1. The van der Waals surface area contributed by atoms with E-state index < -0.39 is 0 Å². The molecule has 1 aliphatic carbocycles. The molecule has 0 saturated heterocycles. The van der Waals surface area contributed by atoms with Crippen LogP contribution in [0.4, 0.5) is 0 Å². The fraction of sp³-hybridized carbons (Fsp3) is 0.400. The molecule has 18 heavy (non-hydrogen) atoms. The van der Waals surface area contributed by atoms with E-state index in [9.17, 15) is 0 Å². The van der Waals surface area contributed by atoms with E-state index in [0.717, 1.165) is 12.5 Å². The zero-order valence-corrected chi connectivity index (χ0v) is 11.4. The fourth-order valence-electron chi connectivity index (χ4n) is 2.30. The molecule has 2 heterocycles. The van der Waals surface area contributed by atoms with Crippen LogP contribution in [0.15, 0.2) is 36.0 Å². The lowest BCUT2D eigenvalue weighted by Gasteiger charge is -2.17. The molecule has 1 aliphatic rings. The van der Waals surface area contributed by atoms with Gasteiger partial charge in [0.15, 0.2) is 0 Å². The van der Waals surface area contributed by atoms with Gasteiger partial charge in [0, 0.05) is 29.9 Å². The zero-order valence-electron chi connectivity index (χ0n) is 10.6. The van der Waals surface area contributed by atoms with Crippen LogP contribution in [0, 0.1) is 12.8 Å². The van der Waals surface area contributed by atoms with Crippen molar-refractivity contribution < 1.29 is 0 Å². The van der Waals surface area contributed by atoms with Gasteiger partial charge in [-0.05, 0) is 54.3 Å². The largest absolute Gasteiger partial charge is 0.305 e. The summed E-state index contributed by atoms with van der Waals surface area (Å²) in [5, 5.41) is 5.88. The van der Waals surface area contributed by atoms with Gasteiger partial charge < -0.3 is 5.32 Å². The van der Waals surface area contributed by atoms with Crippen LogP contribution in [-0.2, 0) is 6.54 Å². The van der Waals surface area contributed by atoms with E-state index in [4.69, 9.17) is 0 Å².